The Labute approximate surface area is 158 Å². The van der Waals surface area contributed by atoms with Crippen molar-refractivity contribution in [2.24, 2.45) is 5.41 Å². The van der Waals surface area contributed by atoms with E-state index in [1.54, 1.807) is 48.5 Å². The molecule has 1 aromatic heterocycles. The van der Waals surface area contributed by atoms with Crippen molar-refractivity contribution in [3.63, 3.8) is 0 Å². The van der Waals surface area contributed by atoms with Gasteiger partial charge < -0.3 is 9.64 Å². The predicted octanol–water partition coefficient (Wildman–Crippen LogP) is 3.25. The molecule has 5 nitrogen and oxygen atoms in total. The molecule has 1 fully saturated rings. The minimum Gasteiger partial charge on any atom is -0.466 e. The summed E-state index contributed by atoms with van der Waals surface area (Å²) in [7, 11) is 0. The number of amides is 1. The van der Waals surface area contributed by atoms with E-state index in [0.29, 0.717) is 31.4 Å². The van der Waals surface area contributed by atoms with Gasteiger partial charge in [-0.25, -0.2) is 4.39 Å². The van der Waals surface area contributed by atoms with Crippen molar-refractivity contribution in [2.75, 3.05) is 19.7 Å². The number of aromatic nitrogens is 1. The van der Waals surface area contributed by atoms with Crippen LogP contribution in [0.5, 0.6) is 0 Å². The van der Waals surface area contributed by atoms with Gasteiger partial charge in [0.1, 0.15) is 5.82 Å². The number of rotatable bonds is 5. The van der Waals surface area contributed by atoms with Gasteiger partial charge in [-0.1, -0.05) is 12.1 Å². The molecule has 1 aliphatic heterocycles. The standard InChI is InChI=1S/C21H23FN2O3/c1-2-27-20(26)21(14-16-4-6-18(22)7-5-16)10-3-13-24(15-21)19(25)17-8-11-23-12-9-17/h4-9,11-12H,2-3,10,13-15H2,1H3/t21-/m1/s1. The maximum Gasteiger partial charge on any atom is 0.314 e. The Morgan fingerprint density at radius 3 is 2.56 bits per heavy atom. The van der Waals surface area contributed by atoms with Crippen LogP contribution in [0.1, 0.15) is 35.7 Å². The summed E-state index contributed by atoms with van der Waals surface area (Å²) in [6.45, 7) is 2.92. The van der Waals surface area contributed by atoms with Crippen LogP contribution in [-0.4, -0.2) is 41.5 Å². The summed E-state index contributed by atoms with van der Waals surface area (Å²) in [6.07, 6.45) is 4.90. The van der Waals surface area contributed by atoms with E-state index in [4.69, 9.17) is 4.74 Å². The molecule has 0 N–H and O–H groups in total. The first-order chi connectivity index (χ1) is 13.0. The van der Waals surface area contributed by atoms with Crippen LogP contribution in [0.25, 0.3) is 0 Å². The third-order valence-electron chi connectivity index (χ3n) is 4.96. The summed E-state index contributed by atoms with van der Waals surface area (Å²) >= 11 is 0. The van der Waals surface area contributed by atoms with Crippen LogP contribution in [0, 0.1) is 11.2 Å². The number of hydrogen-bond donors (Lipinski definition) is 0. The van der Waals surface area contributed by atoms with Gasteiger partial charge in [0, 0.05) is 31.0 Å². The molecule has 0 saturated carbocycles. The van der Waals surface area contributed by atoms with Gasteiger partial charge in [0.15, 0.2) is 0 Å². The van der Waals surface area contributed by atoms with Gasteiger partial charge in [-0.05, 0) is 56.0 Å². The van der Waals surface area contributed by atoms with E-state index in [2.05, 4.69) is 4.98 Å². The van der Waals surface area contributed by atoms with E-state index < -0.39 is 5.41 Å². The lowest BCUT2D eigenvalue weighted by Crippen LogP contribution is -2.51. The highest BCUT2D eigenvalue weighted by molar-refractivity contribution is 5.94. The molecule has 0 aliphatic carbocycles. The smallest absolute Gasteiger partial charge is 0.314 e. The van der Waals surface area contributed by atoms with Crippen LogP contribution in [-0.2, 0) is 16.0 Å². The zero-order chi connectivity index (χ0) is 19.3. The minimum atomic E-state index is -0.825. The summed E-state index contributed by atoms with van der Waals surface area (Å²) in [5, 5.41) is 0. The minimum absolute atomic E-state index is 0.120. The zero-order valence-corrected chi connectivity index (χ0v) is 15.4. The molecule has 0 bridgehead atoms. The molecular formula is C21H23FN2O3. The van der Waals surface area contributed by atoms with Crippen molar-refractivity contribution in [2.45, 2.75) is 26.2 Å². The lowest BCUT2D eigenvalue weighted by Gasteiger charge is -2.41. The fraction of sp³-hybridized carbons (Fsp3) is 0.381. The van der Waals surface area contributed by atoms with Crippen molar-refractivity contribution in [1.29, 1.82) is 0 Å². The zero-order valence-electron chi connectivity index (χ0n) is 15.4. The van der Waals surface area contributed by atoms with Gasteiger partial charge in [0.25, 0.3) is 5.91 Å². The SMILES string of the molecule is CCOC(=O)[C@@]1(Cc2ccc(F)cc2)CCCN(C(=O)c2ccncc2)C1. The molecule has 1 saturated heterocycles. The van der Waals surface area contributed by atoms with Crippen LogP contribution in [0.3, 0.4) is 0 Å². The highest BCUT2D eigenvalue weighted by Gasteiger charge is 2.44. The van der Waals surface area contributed by atoms with Gasteiger partial charge in [-0.2, -0.15) is 0 Å². The monoisotopic (exact) mass is 370 g/mol. The summed E-state index contributed by atoms with van der Waals surface area (Å²) in [5.41, 5.74) is 0.573. The number of piperidine rings is 1. The average Bonchev–Trinajstić information content (AvgIpc) is 2.70. The predicted molar refractivity (Wildman–Crippen MR) is 98.5 cm³/mol. The van der Waals surface area contributed by atoms with E-state index in [1.807, 2.05) is 0 Å². The third-order valence-corrected chi connectivity index (χ3v) is 4.96. The Hall–Kier alpha value is -2.76. The number of hydrogen-bond acceptors (Lipinski definition) is 4. The van der Waals surface area contributed by atoms with Gasteiger partial charge >= 0.3 is 5.97 Å². The number of benzene rings is 1. The molecule has 3 rings (SSSR count). The van der Waals surface area contributed by atoms with Crippen LogP contribution in [0.2, 0.25) is 0 Å². The number of ether oxygens (including phenoxy) is 1. The number of carbonyl (C=O) groups excluding carboxylic acids is 2. The number of carbonyl (C=O) groups is 2. The first kappa shape index (κ1) is 19.0. The second kappa shape index (κ2) is 8.29. The first-order valence-electron chi connectivity index (χ1n) is 9.15. The van der Waals surface area contributed by atoms with Gasteiger partial charge in [-0.15, -0.1) is 0 Å². The Bertz CT molecular complexity index is 795. The Morgan fingerprint density at radius 1 is 1.19 bits per heavy atom. The molecule has 2 aromatic rings. The highest BCUT2D eigenvalue weighted by Crippen LogP contribution is 2.36. The maximum absolute atomic E-state index is 13.2. The van der Waals surface area contributed by atoms with Crippen LogP contribution < -0.4 is 0 Å². The summed E-state index contributed by atoms with van der Waals surface area (Å²) < 4.78 is 18.6. The van der Waals surface area contributed by atoms with Crippen molar-refractivity contribution in [3.8, 4) is 0 Å². The Kier molecular flexibility index (Phi) is 5.84. The number of halogens is 1. The third kappa shape index (κ3) is 4.32. The number of nitrogens with zero attached hydrogens (tertiary/aromatic N) is 2. The van der Waals surface area contributed by atoms with Crippen LogP contribution in [0.4, 0.5) is 4.39 Å². The fourth-order valence-corrected chi connectivity index (χ4v) is 3.64. The van der Waals surface area contributed by atoms with E-state index in [9.17, 15) is 14.0 Å². The molecule has 2 heterocycles. The van der Waals surface area contributed by atoms with Crippen LogP contribution in [0.15, 0.2) is 48.8 Å². The molecule has 27 heavy (non-hydrogen) atoms. The molecule has 142 valence electrons. The molecule has 1 atom stereocenters. The second-order valence-electron chi connectivity index (χ2n) is 6.87. The summed E-state index contributed by atoms with van der Waals surface area (Å²) in [4.78, 5) is 31.4. The van der Waals surface area contributed by atoms with Crippen molar-refractivity contribution in [1.82, 2.24) is 9.88 Å². The van der Waals surface area contributed by atoms with Gasteiger partial charge in [0.05, 0.1) is 12.0 Å². The number of likely N-dealkylation sites (tertiary alicyclic amines) is 1. The van der Waals surface area contributed by atoms with E-state index in [-0.39, 0.29) is 30.8 Å². The largest absolute Gasteiger partial charge is 0.466 e. The quantitative estimate of drug-likeness (QED) is 0.758. The number of esters is 1. The lowest BCUT2D eigenvalue weighted by molar-refractivity contribution is -0.158. The van der Waals surface area contributed by atoms with E-state index in [0.717, 1.165) is 5.56 Å². The molecule has 0 unspecified atom stereocenters. The summed E-state index contributed by atoms with van der Waals surface area (Å²) in [6, 6.07) is 9.47. The van der Waals surface area contributed by atoms with E-state index >= 15 is 0 Å². The van der Waals surface area contributed by atoms with Crippen LogP contribution >= 0.6 is 0 Å². The van der Waals surface area contributed by atoms with Crippen molar-refractivity contribution >= 4 is 11.9 Å². The maximum atomic E-state index is 13.2. The Balaban J connectivity index is 1.86. The van der Waals surface area contributed by atoms with Gasteiger partial charge in [-0.3, -0.25) is 14.6 Å². The van der Waals surface area contributed by atoms with Crippen molar-refractivity contribution < 1.29 is 18.7 Å². The van der Waals surface area contributed by atoms with E-state index in [1.165, 1.54) is 12.1 Å². The molecule has 0 radical (unpaired) electrons. The summed E-state index contributed by atoms with van der Waals surface area (Å²) in [5.74, 6) is -0.742. The molecule has 0 spiro atoms. The van der Waals surface area contributed by atoms with Gasteiger partial charge in [0.2, 0.25) is 0 Å². The molecule has 1 aliphatic rings. The molecular weight excluding hydrogens is 347 g/mol. The highest BCUT2D eigenvalue weighted by atomic mass is 19.1. The average molecular weight is 370 g/mol. The number of pyridine rings is 1. The Morgan fingerprint density at radius 2 is 1.89 bits per heavy atom. The topological polar surface area (TPSA) is 59.5 Å². The molecule has 1 aromatic carbocycles. The first-order valence-corrected chi connectivity index (χ1v) is 9.15. The second-order valence-corrected chi connectivity index (χ2v) is 6.87. The lowest BCUT2D eigenvalue weighted by atomic mass is 9.75. The fourth-order valence-electron chi connectivity index (χ4n) is 3.64. The molecule has 1 amide bonds. The molecule has 6 heteroatoms. The normalized spacial score (nSPS) is 19.6. The van der Waals surface area contributed by atoms with Crippen molar-refractivity contribution in [3.05, 3.63) is 65.7 Å².